The molecule has 0 unspecified atom stereocenters. The summed E-state index contributed by atoms with van der Waals surface area (Å²) in [6, 6.07) is 12.0. The fourth-order valence-corrected chi connectivity index (χ4v) is 1.87. The van der Waals surface area contributed by atoms with Crippen molar-refractivity contribution in [1.29, 1.82) is 0 Å². The summed E-state index contributed by atoms with van der Waals surface area (Å²) in [6.45, 7) is 5.09. The first-order valence-corrected chi connectivity index (χ1v) is 6.56. The first-order chi connectivity index (χ1) is 9.19. The Bertz CT molecular complexity index is 538. The lowest BCUT2D eigenvalue weighted by atomic mass is 10.0. The summed E-state index contributed by atoms with van der Waals surface area (Å²) in [6.07, 6.45) is 1.77. The Morgan fingerprint density at radius 3 is 2.68 bits per heavy atom. The van der Waals surface area contributed by atoms with E-state index in [0.717, 1.165) is 23.7 Å². The molecule has 0 aliphatic rings. The number of pyridine rings is 1. The summed E-state index contributed by atoms with van der Waals surface area (Å²) in [5.41, 5.74) is 2.25. The van der Waals surface area contributed by atoms with Gasteiger partial charge in [-0.1, -0.05) is 26.0 Å². The maximum absolute atomic E-state index is 5.89. The van der Waals surface area contributed by atoms with Crippen molar-refractivity contribution in [1.82, 2.24) is 10.3 Å². The van der Waals surface area contributed by atoms with Crippen LogP contribution in [0.5, 0.6) is 11.5 Å². The van der Waals surface area contributed by atoms with Gasteiger partial charge in [0.2, 0.25) is 0 Å². The lowest BCUT2D eigenvalue weighted by molar-refractivity contribution is 0.479. The maximum atomic E-state index is 5.89. The quantitative estimate of drug-likeness (QED) is 0.885. The van der Waals surface area contributed by atoms with E-state index in [1.807, 2.05) is 31.3 Å². The van der Waals surface area contributed by atoms with E-state index in [4.69, 9.17) is 4.74 Å². The molecular formula is C16H20N2O. The molecule has 2 rings (SSSR count). The number of hydrogen-bond donors (Lipinski definition) is 1. The average Bonchev–Trinajstić information content (AvgIpc) is 2.40. The summed E-state index contributed by atoms with van der Waals surface area (Å²) in [4.78, 5) is 4.27. The van der Waals surface area contributed by atoms with Crippen LogP contribution in [-0.4, -0.2) is 12.0 Å². The third-order valence-corrected chi connectivity index (χ3v) is 2.91. The molecule has 3 heteroatoms. The summed E-state index contributed by atoms with van der Waals surface area (Å²) in [7, 11) is 1.90. The van der Waals surface area contributed by atoms with Crippen molar-refractivity contribution in [3.8, 4) is 11.5 Å². The zero-order valence-corrected chi connectivity index (χ0v) is 11.7. The standard InChI is InChI=1S/C16H20N2O/c1-12(2)13-5-4-6-15(9-13)19-16-7-8-18-14(10-16)11-17-3/h4-10,12,17H,11H2,1-3H3. The van der Waals surface area contributed by atoms with Crippen LogP contribution >= 0.6 is 0 Å². The minimum absolute atomic E-state index is 0.501. The molecule has 0 spiro atoms. The number of hydrogen-bond acceptors (Lipinski definition) is 3. The molecule has 0 saturated heterocycles. The molecule has 0 fully saturated rings. The van der Waals surface area contributed by atoms with Crippen molar-refractivity contribution >= 4 is 0 Å². The number of nitrogens with one attached hydrogen (secondary N) is 1. The highest BCUT2D eigenvalue weighted by Crippen LogP contribution is 2.25. The fraction of sp³-hybridized carbons (Fsp3) is 0.312. The molecule has 0 aliphatic carbocycles. The monoisotopic (exact) mass is 256 g/mol. The summed E-state index contributed by atoms with van der Waals surface area (Å²) in [5, 5.41) is 3.08. The molecule has 19 heavy (non-hydrogen) atoms. The molecule has 0 aliphatic heterocycles. The number of aromatic nitrogens is 1. The van der Waals surface area contributed by atoms with E-state index in [0.29, 0.717) is 5.92 Å². The van der Waals surface area contributed by atoms with Gasteiger partial charge >= 0.3 is 0 Å². The maximum Gasteiger partial charge on any atom is 0.130 e. The fourth-order valence-electron chi connectivity index (χ4n) is 1.87. The highest BCUT2D eigenvalue weighted by atomic mass is 16.5. The molecule has 1 heterocycles. The van der Waals surface area contributed by atoms with Gasteiger partial charge in [0.15, 0.2) is 0 Å². The highest BCUT2D eigenvalue weighted by molar-refractivity contribution is 5.35. The summed E-state index contributed by atoms with van der Waals surface area (Å²) in [5.74, 6) is 2.19. The molecule has 1 aromatic heterocycles. The molecule has 0 saturated carbocycles. The van der Waals surface area contributed by atoms with E-state index >= 15 is 0 Å². The Kier molecular flexibility index (Phi) is 4.53. The lowest BCUT2D eigenvalue weighted by Crippen LogP contribution is -2.06. The second kappa shape index (κ2) is 6.34. The third kappa shape index (κ3) is 3.80. The van der Waals surface area contributed by atoms with Crippen LogP contribution in [0.25, 0.3) is 0 Å². The van der Waals surface area contributed by atoms with Crippen molar-refractivity contribution < 1.29 is 4.74 Å². The second-order valence-corrected chi connectivity index (χ2v) is 4.84. The molecule has 0 amide bonds. The van der Waals surface area contributed by atoms with Gasteiger partial charge in [-0.15, -0.1) is 0 Å². The van der Waals surface area contributed by atoms with Crippen molar-refractivity contribution in [2.24, 2.45) is 0 Å². The highest BCUT2D eigenvalue weighted by Gasteiger charge is 2.03. The van der Waals surface area contributed by atoms with Crippen molar-refractivity contribution in [2.75, 3.05) is 7.05 Å². The van der Waals surface area contributed by atoms with Crippen molar-refractivity contribution in [3.63, 3.8) is 0 Å². The molecule has 1 N–H and O–H groups in total. The summed E-state index contributed by atoms with van der Waals surface area (Å²) < 4.78 is 5.89. The van der Waals surface area contributed by atoms with Gasteiger partial charge in [0, 0.05) is 18.8 Å². The average molecular weight is 256 g/mol. The van der Waals surface area contributed by atoms with E-state index in [9.17, 15) is 0 Å². The van der Waals surface area contributed by atoms with Gasteiger partial charge in [0.05, 0.1) is 5.69 Å². The SMILES string of the molecule is CNCc1cc(Oc2cccc(C(C)C)c2)ccn1. The Morgan fingerprint density at radius 1 is 1.16 bits per heavy atom. The number of rotatable bonds is 5. The van der Waals surface area contributed by atoms with E-state index in [1.54, 1.807) is 6.20 Å². The Labute approximate surface area is 114 Å². The number of ether oxygens (including phenoxy) is 1. The zero-order chi connectivity index (χ0) is 13.7. The molecule has 0 bridgehead atoms. The van der Waals surface area contributed by atoms with Crippen LogP contribution in [0.3, 0.4) is 0 Å². The largest absolute Gasteiger partial charge is 0.457 e. The van der Waals surface area contributed by atoms with Gasteiger partial charge < -0.3 is 10.1 Å². The molecule has 2 aromatic rings. The van der Waals surface area contributed by atoms with Crippen molar-refractivity contribution in [2.45, 2.75) is 26.3 Å². The molecule has 0 radical (unpaired) electrons. The predicted molar refractivity (Wildman–Crippen MR) is 77.6 cm³/mol. The number of benzene rings is 1. The second-order valence-electron chi connectivity index (χ2n) is 4.84. The smallest absolute Gasteiger partial charge is 0.130 e. The van der Waals surface area contributed by atoms with Crippen LogP contribution in [0.1, 0.15) is 31.0 Å². The van der Waals surface area contributed by atoms with Crippen LogP contribution in [0.2, 0.25) is 0 Å². The van der Waals surface area contributed by atoms with E-state index < -0.39 is 0 Å². The van der Waals surface area contributed by atoms with Gasteiger partial charge in [-0.3, -0.25) is 4.98 Å². The van der Waals surface area contributed by atoms with Crippen LogP contribution in [0, 0.1) is 0 Å². The predicted octanol–water partition coefficient (Wildman–Crippen LogP) is 3.72. The lowest BCUT2D eigenvalue weighted by Gasteiger charge is -2.10. The first kappa shape index (κ1) is 13.6. The first-order valence-electron chi connectivity index (χ1n) is 6.56. The van der Waals surface area contributed by atoms with Gasteiger partial charge in [-0.25, -0.2) is 0 Å². The van der Waals surface area contributed by atoms with Crippen LogP contribution in [0.4, 0.5) is 0 Å². The minimum Gasteiger partial charge on any atom is -0.457 e. The van der Waals surface area contributed by atoms with Crippen LogP contribution < -0.4 is 10.1 Å². The molecule has 0 atom stereocenters. The Hall–Kier alpha value is -1.87. The number of nitrogens with zero attached hydrogens (tertiary/aromatic N) is 1. The van der Waals surface area contributed by atoms with Crippen molar-refractivity contribution in [3.05, 3.63) is 53.9 Å². The molecule has 3 nitrogen and oxygen atoms in total. The van der Waals surface area contributed by atoms with Gasteiger partial charge in [-0.2, -0.15) is 0 Å². The molecular weight excluding hydrogens is 236 g/mol. The Balaban J connectivity index is 2.16. The normalized spacial score (nSPS) is 10.7. The Morgan fingerprint density at radius 2 is 1.95 bits per heavy atom. The third-order valence-electron chi connectivity index (χ3n) is 2.91. The van der Waals surface area contributed by atoms with Gasteiger partial charge in [0.1, 0.15) is 11.5 Å². The van der Waals surface area contributed by atoms with Gasteiger partial charge in [0.25, 0.3) is 0 Å². The minimum atomic E-state index is 0.501. The zero-order valence-electron chi connectivity index (χ0n) is 11.7. The van der Waals surface area contributed by atoms with E-state index in [-0.39, 0.29) is 0 Å². The van der Waals surface area contributed by atoms with E-state index in [2.05, 4.69) is 36.3 Å². The molecule has 1 aromatic carbocycles. The summed E-state index contributed by atoms with van der Waals surface area (Å²) >= 11 is 0. The van der Waals surface area contributed by atoms with Crippen LogP contribution in [0.15, 0.2) is 42.6 Å². The van der Waals surface area contributed by atoms with Crippen LogP contribution in [-0.2, 0) is 6.54 Å². The topological polar surface area (TPSA) is 34.1 Å². The van der Waals surface area contributed by atoms with E-state index in [1.165, 1.54) is 5.56 Å². The molecule has 100 valence electrons. The van der Waals surface area contributed by atoms with Gasteiger partial charge in [-0.05, 0) is 36.7 Å².